The Bertz CT molecular complexity index is 997. The summed E-state index contributed by atoms with van der Waals surface area (Å²) in [6, 6.07) is 17.0. The van der Waals surface area contributed by atoms with E-state index in [1.54, 1.807) is 60.7 Å². The molecule has 7 nitrogen and oxygen atoms in total. The molecule has 5 atom stereocenters. The van der Waals surface area contributed by atoms with Crippen molar-refractivity contribution >= 4 is 52.6 Å². The van der Waals surface area contributed by atoms with Crippen LogP contribution in [-0.2, 0) is 18.9 Å². The van der Waals surface area contributed by atoms with Crippen molar-refractivity contribution in [2.45, 2.75) is 36.1 Å². The molecule has 2 aromatic carbocycles. The number of halogens is 3. The molecule has 0 saturated carbocycles. The first-order chi connectivity index (χ1) is 16.1. The van der Waals surface area contributed by atoms with E-state index in [1.165, 1.54) is 0 Å². The van der Waals surface area contributed by atoms with Crippen LogP contribution in [0.2, 0.25) is 0 Å². The van der Waals surface area contributed by atoms with Crippen molar-refractivity contribution in [2.24, 2.45) is 11.8 Å². The number of benzene rings is 2. The quantitative estimate of drug-likeness (QED) is 0.232. The molecule has 10 heteroatoms. The first-order valence-corrected chi connectivity index (χ1v) is 11.7. The molecule has 1 aliphatic rings. The van der Waals surface area contributed by atoms with E-state index in [4.69, 9.17) is 59.2 Å². The molecule has 3 rings (SSSR count). The fourth-order valence-electron chi connectivity index (χ4n) is 3.47. The first-order valence-electron chi connectivity index (χ1n) is 10.5. The van der Waals surface area contributed by atoms with Crippen LogP contribution in [0.15, 0.2) is 60.7 Å². The number of carbonyl (C=O) groups excluding carboxylic acids is 2. The van der Waals surface area contributed by atoms with Gasteiger partial charge in [0.25, 0.3) is 3.79 Å². The van der Waals surface area contributed by atoms with Crippen LogP contribution in [0.25, 0.3) is 0 Å². The summed E-state index contributed by atoms with van der Waals surface area (Å²) in [6.45, 7) is 3.64. The molecule has 1 fully saturated rings. The molecular weight excluding hydrogens is 505 g/mol. The van der Waals surface area contributed by atoms with Crippen molar-refractivity contribution in [1.82, 2.24) is 0 Å². The molecule has 1 aliphatic heterocycles. The van der Waals surface area contributed by atoms with Gasteiger partial charge in [-0.3, -0.25) is 5.41 Å². The minimum Gasteiger partial charge on any atom is -0.459 e. The fourth-order valence-corrected chi connectivity index (χ4v) is 3.61. The number of carbonyl (C=O) groups is 2. The van der Waals surface area contributed by atoms with Crippen molar-refractivity contribution in [3.63, 3.8) is 0 Å². The van der Waals surface area contributed by atoms with Crippen LogP contribution < -0.4 is 0 Å². The Hall–Kier alpha value is -2.32. The molecule has 34 heavy (non-hydrogen) atoms. The summed E-state index contributed by atoms with van der Waals surface area (Å²) in [5.74, 6) is -2.30. The molecule has 2 aromatic rings. The van der Waals surface area contributed by atoms with Crippen LogP contribution in [-0.4, -0.2) is 46.7 Å². The van der Waals surface area contributed by atoms with Gasteiger partial charge in [-0.2, -0.15) is 0 Å². The minimum absolute atomic E-state index is 0.0838. The lowest BCUT2D eigenvalue weighted by atomic mass is 9.83. The van der Waals surface area contributed by atoms with Crippen molar-refractivity contribution in [1.29, 1.82) is 5.41 Å². The normalized spacial score (nSPS) is 24.7. The van der Waals surface area contributed by atoms with Gasteiger partial charge in [-0.05, 0) is 30.2 Å². The lowest BCUT2D eigenvalue weighted by Gasteiger charge is -2.43. The van der Waals surface area contributed by atoms with Crippen LogP contribution in [0.3, 0.4) is 0 Å². The Labute approximate surface area is 212 Å². The highest BCUT2D eigenvalue weighted by Crippen LogP contribution is 2.36. The predicted octanol–water partition coefficient (Wildman–Crippen LogP) is 5.43. The summed E-state index contributed by atoms with van der Waals surface area (Å²) in [7, 11) is 0. The largest absolute Gasteiger partial charge is 0.459 e. The van der Waals surface area contributed by atoms with E-state index in [9.17, 15) is 9.59 Å². The summed E-state index contributed by atoms with van der Waals surface area (Å²) < 4.78 is 20.5. The van der Waals surface area contributed by atoms with Crippen LogP contribution in [0.5, 0.6) is 0 Å². The molecule has 1 heterocycles. The average Bonchev–Trinajstić information content (AvgIpc) is 2.82. The number of nitrogens with one attached hydrogen (secondary N) is 1. The number of rotatable bonds is 6. The summed E-state index contributed by atoms with van der Waals surface area (Å²) >= 11 is 17.3. The van der Waals surface area contributed by atoms with Crippen molar-refractivity contribution < 1.29 is 28.5 Å². The molecule has 0 aromatic heterocycles. The second kappa shape index (κ2) is 11.4. The van der Waals surface area contributed by atoms with E-state index < -0.39 is 40.1 Å². The topological polar surface area (TPSA) is 94.9 Å². The van der Waals surface area contributed by atoms with E-state index in [2.05, 4.69) is 0 Å². The van der Waals surface area contributed by atoms with Gasteiger partial charge in [0.1, 0.15) is 6.61 Å². The summed E-state index contributed by atoms with van der Waals surface area (Å²) in [6.07, 6.45) is -2.80. The fraction of sp³-hybridized carbons (Fsp3) is 0.375. The van der Waals surface area contributed by atoms with Gasteiger partial charge >= 0.3 is 11.9 Å². The zero-order chi connectivity index (χ0) is 24.9. The SMILES string of the molecule is C[C@@H]1C(COC(=O)c2ccccc2)O[C@H](OC(=N)C(Cl)(Cl)Cl)C(OC(=O)c2ccccc2)[C@H]1C. The monoisotopic (exact) mass is 527 g/mol. The number of esters is 2. The van der Waals surface area contributed by atoms with Gasteiger partial charge < -0.3 is 18.9 Å². The first kappa shape index (κ1) is 26.3. The smallest absolute Gasteiger partial charge is 0.338 e. The molecule has 2 unspecified atom stereocenters. The van der Waals surface area contributed by atoms with Gasteiger partial charge in [-0.25, -0.2) is 9.59 Å². The van der Waals surface area contributed by atoms with Crippen molar-refractivity contribution in [3.8, 4) is 0 Å². The average molecular weight is 529 g/mol. The molecule has 0 bridgehead atoms. The van der Waals surface area contributed by atoms with Crippen molar-refractivity contribution in [3.05, 3.63) is 71.8 Å². The third-order valence-electron chi connectivity index (χ3n) is 5.64. The third kappa shape index (κ3) is 6.63. The van der Waals surface area contributed by atoms with E-state index in [0.29, 0.717) is 11.1 Å². The standard InChI is InChI=1S/C24H24Cl3NO6/c1-14-15(2)19(33-21(30)17-11-7-4-8-12-17)22(34-23(28)24(25,26)27)32-18(14)13-31-20(29)16-9-5-3-6-10-16/h3-12,14-15,18-19,22,28H,13H2,1-2H3/t14-,15-,18?,19?,22+/m0/s1. The lowest BCUT2D eigenvalue weighted by molar-refractivity contribution is -0.249. The second-order valence-electron chi connectivity index (χ2n) is 7.91. The highest BCUT2D eigenvalue weighted by Gasteiger charge is 2.47. The van der Waals surface area contributed by atoms with E-state index in [1.807, 2.05) is 13.8 Å². The Kier molecular flexibility index (Phi) is 8.82. The number of hydrogen-bond donors (Lipinski definition) is 1. The maximum absolute atomic E-state index is 12.7. The molecule has 0 aliphatic carbocycles. The summed E-state index contributed by atoms with van der Waals surface area (Å²) in [4.78, 5) is 25.1. The van der Waals surface area contributed by atoms with Crippen molar-refractivity contribution in [2.75, 3.05) is 6.61 Å². The van der Waals surface area contributed by atoms with E-state index in [0.717, 1.165) is 0 Å². The Morgan fingerprint density at radius 1 is 0.882 bits per heavy atom. The molecular formula is C24H24Cl3NO6. The zero-order valence-electron chi connectivity index (χ0n) is 18.5. The van der Waals surface area contributed by atoms with Crippen LogP contribution >= 0.6 is 34.8 Å². The van der Waals surface area contributed by atoms with Crippen LogP contribution in [0.4, 0.5) is 0 Å². The van der Waals surface area contributed by atoms with Gasteiger partial charge in [-0.1, -0.05) is 85.0 Å². The number of ether oxygens (including phenoxy) is 4. The Balaban J connectivity index is 1.76. The summed E-state index contributed by atoms with van der Waals surface area (Å²) in [5, 5.41) is 7.95. The van der Waals surface area contributed by atoms with E-state index >= 15 is 0 Å². The molecule has 0 spiro atoms. The van der Waals surface area contributed by atoms with Gasteiger partial charge in [0.2, 0.25) is 12.2 Å². The highest BCUT2D eigenvalue weighted by atomic mass is 35.6. The van der Waals surface area contributed by atoms with Crippen LogP contribution in [0.1, 0.15) is 34.6 Å². The molecule has 0 radical (unpaired) electrons. The Morgan fingerprint density at radius 2 is 1.41 bits per heavy atom. The maximum atomic E-state index is 12.7. The maximum Gasteiger partial charge on any atom is 0.338 e. The number of alkyl halides is 3. The zero-order valence-corrected chi connectivity index (χ0v) is 20.7. The predicted molar refractivity (Wildman–Crippen MR) is 128 cm³/mol. The molecule has 182 valence electrons. The van der Waals surface area contributed by atoms with Gasteiger partial charge in [0.15, 0.2) is 6.10 Å². The Morgan fingerprint density at radius 3 is 1.94 bits per heavy atom. The van der Waals surface area contributed by atoms with Crippen LogP contribution in [0, 0.1) is 17.2 Å². The highest BCUT2D eigenvalue weighted by molar-refractivity contribution is 6.76. The molecule has 0 amide bonds. The van der Waals surface area contributed by atoms with E-state index in [-0.39, 0.29) is 18.4 Å². The summed E-state index contributed by atoms with van der Waals surface area (Å²) in [5.41, 5.74) is 0.746. The lowest BCUT2D eigenvalue weighted by Crippen LogP contribution is -2.54. The van der Waals surface area contributed by atoms with Gasteiger partial charge in [-0.15, -0.1) is 0 Å². The molecule has 1 N–H and O–H groups in total. The van der Waals surface area contributed by atoms with Gasteiger partial charge in [0, 0.05) is 5.92 Å². The van der Waals surface area contributed by atoms with Gasteiger partial charge in [0.05, 0.1) is 17.2 Å². The third-order valence-corrected chi connectivity index (χ3v) is 6.16. The minimum atomic E-state index is -2.14. The number of hydrogen-bond acceptors (Lipinski definition) is 7. The molecule has 1 saturated heterocycles. The second-order valence-corrected chi connectivity index (χ2v) is 10.2.